The second-order valence-electron chi connectivity index (χ2n) is 9.81. The zero-order chi connectivity index (χ0) is 25.4. The van der Waals surface area contributed by atoms with Crippen LogP contribution in [0.5, 0.6) is 0 Å². The van der Waals surface area contributed by atoms with E-state index in [9.17, 15) is 9.90 Å². The first kappa shape index (κ1) is 23.9. The second-order valence-corrected chi connectivity index (χ2v) is 9.81. The van der Waals surface area contributed by atoms with E-state index >= 15 is 0 Å². The molecule has 4 heterocycles. The van der Waals surface area contributed by atoms with E-state index in [1.54, 1.807) is 21.8 Å². The molecule has 0 aromatic carbocycles. The highest BCUT2D eigenvalue weighted by Gasteiger charge is 2.37. The molecule has 4 aromatic heterocycles. The molecule has 0 saturated heterocycles. The van der Waals surface area contributed by atoms with Gasteiger partial charge in [-0.3, -0.25) is 9.78 Å². The molecule has 1 fully saturated rings. The second kappa shape index (κ2) is 9.30. The van der Waals surface area contributed by atoms with Crippen molar-refractivity contribution in [1.82, 2.24) is 39.7 Å². The summed E-state index contributed by atoms with van der Waals surface area (Å²) in [5.74, 6) is 0.534. The molecule has 0 spiro atoms. The molecule has 1 saturated carbocycles. The minimum atomic E-state index is -0.801. The molecule has 0 aliphatic heterocycles. The minimum Gasteiger partial charge on any atom is -0.384 e. The summed E-state index contributed by atoms with van der Waals surface area (Å²) in [6.45, 7) is 5.98. The van der Waals surface area contributed by atoms with Gasteiger partial charge in [-0.1, -0.05) is 6.07 Å². The van der Waals surface area contributed by atoms with Gasteiger partial charge < -0.3 is 20.7 Å². The van der Waals surface area contributed by atoms with Gasteiger partial charge in [-0.2, -0.15) is 9.61 Å². The van der Waals surface area contributed by atoms with Gasteiger partial charge >= 0.3 is 0 Å². The van der Waals surface area contributed by atoms with Crippen LogP contribution in [-0.4, -0.2) is 62.8 Å². The Morgan fingerprint density at radius 1 is 1.28 bits per heavy atom. The molecule has 1 atom stereocenters. The Morgan fingerprint density at radius 3 is 2.69 bits per heavy atom. The summed E-state index contributed by atoms with van der Waals surface area (Å²) in [4.78, 5) is 26.9. The van der Waals surface area contributed by atoms with Gasteiger partial charge in [-0.25, -0.2) is 4.98 Å². The number of pyridine rings is 1. The van der Waals surface area contributed by atoms with E-state index in [0.29, 0.717) is 30.0 Å². The van der Waals surface area contributed by atoms with Gasteiger partial charge in [0.2, 0.25) is 5.82 Å². The van der Waals surface area contributed by atoms with Gasteiger partial charge in [0.1, 0.15) is 17.7 Å². The van der Waals surface area contributed by atoms with Gasteiger partial charge in [0.15, 0.2) is 5.65 Å². The number of anilines is 1. The largest absolute Gasteiger partial charge is 0.384 e. The molecule has 1 aliphatic carbocycles. The highest BCUT2D eigenvalue weighted by Crippen LogP contribution is 2.40. The number of aromatic nitrogens is 7. The lowest BCUT2D eigenvalue weighted by Crippen LogP contribution is -2.44. The smallest absolute Gasteiger partial charge is 0.292 e. The number of nitrogens with zero attached hydrogens (tertiary/aromatic N) is 7. The van der Waals surface area contributed by atoms with Crippen molar-refractivity contribution in [3.63, 3.8) is 0 Å². The number of H-pyrrole nitrogens is 1. The molecular weight excluding hydrogens is 458 g/mol. The summed E-state index contributed by atoms with van der Waals surface area (Å²) in [5, 5.41) is 22.6. The van der Waals surface area contributed by atoms with Crippen LogP contribution in [0.1, 0.15) is 68.5 Å². The molecule has 11 heteroatoms. The summed E-state index contributed by atoms with van der Waals surface area (Å²) in [5.41, 5.74) is 9.35. The maximum atomic E-state index is 12.9. The van der Waals surface area contributed by atoms with Crippen molar-refractivity contribution in [1.29, 1.82) is 0 Å². The third-order valence-corrected chi connectivity index (χ3v) is 6.99. The Balaban J connectivity index is 1.36. The number of amides is 1. The topological polar surface area (TPSA) is 151 Å². The molecule has 11 nitrogen and oxygen atoms in total. The fourth-order valence-electron chi connectivity index (χ4n) is 4.84. The third-order valence-electron chi connectivity index (χ3n) is 6.99. The average molecular weight is 490 g/mol. The zero-order valence-electron chi connectivity index (χ0n) is 20.7. The molecule has 1 aliphatic rings. The van der Waals surface area contributed by atoms with Gasteiger partial charge in [0.05, 0.1) is 11.9 Å². The summed E-state index contributed by atoms with van der Waals surface area (Å²) < 4.78 is 1.61. The molecule has 0 radical (unpaired) electrons. The molecule has 36 heavy (non-hydrogen) atoms. The van der Waals surface area contributed by atoms with Crippen molar-refractivity contribution in [3.05, 3.63) is 54.1 Å². The lowest BCUT2D eigenvalue weighted by Gasteiger charge is -2.35. The van der Waals surface area contributed by atoms with Gasteiger partial charge in [0.25, 0.3) is 5.91 Å². The lowest BCUT2D eigenvalue weighted by atomic mass is 9.77. The van der Waals surface area contributed by atoms with Crippen LogP contribution in [0.2, 0.25) is 0 Å². The standard InChI is InChI=1S/C25H31N9O2/c1-15(2)33(24(35)22-28-14-29-32-22)16(3)5-7-18-11-21(26)34-23(31-18)19(13-30-34)17-6-8-20(27-12-17)25(36)9-4-10-25/h6,8,11-16,36H,4-5,7,9-10,26H2,1-3H3,(H,28,29,32)/t16-/m1/s1. The number of carbonyl (C=O) groups excluding carboxylic acids is 1. The highest BCUT2D eigenvalue weighted by atomic mass is 16.3. The van der Waals surface area contributed by atoms with E-state index in [1.807, 2.05) is 39.0 Å². The Hall–Kier alpha value is -3.86. The van der Waals surface area contributed by atoms with E-state index in [-0.39, 0.29) is 23.8 Å². The maximum absolute atomic E-state index is 12.9. The van der Waals surface area contributed by atoms with Crippen LogP contribution in [0.25, 0.3) is 16.8 Å². The van der Waals surface area contributed by atoms with Crippen LogP contribution in [0.15, 0.2) is 36.9 Å². The van der Waals surface area contributed by atoms with Gasteiger partial charge in [0, 0.05) is 41.2 Å². The fraction of sp³-hybridized carbons (Fsp3) is 0.440. The fourth-order valence-corrected chi connectivity index (χ4v) is 4.84. The van der Waals surface area contributed by atoms with Crippen LogP contribution in [0.4, 0.5) is 5.82 Å². The summed E-state index contributed by atoms with van der Waals surface area (Å²) in [6, 6.07) is 5.58. The van der Waals surface area contributed by atoms with Crippen molar-refractivity contribution < 1.29 is 9.90 Å². The number of nitrogen functional groups attached to an aromatic ring is 1. The quantitative estimate of drug-likeness (QED) is 0.342. The first-order chi connectivity index (χ1) is 17.3. The number of carbonyl (C=O) groups is 1. The van der Waals surface area contributed by atoms with Crippen LogP contribution < -0.4 is 5.73 Å². The highest BCUT2D eigenvalue weighted by molar-refractivity contribution is 5.90. The molecule has 1 amide bonds. The van der Waals surface area contributed by atoms with Crippen molar-refractivity contribution >= 4 is 17.4 Å². The van der Waals surface area contributed by atoms with E-state index in [0.717, 1.165) is 36.1 Å². The van der Waals surface area contributed by atoms with Crippen molar-refractivity contribution in [2.45, 2.75) is 70.6 Å². The van der Waals surface area contributed by atoms with Crippen LogP contribution in [-0.2, 0) is 12.0 Å². The zero-order valence-corrected chi connectivity index (χ0v) is 20.7. The van der Waals surface area contributed by atoms with E-state index < -0.39 is 5.60 Å². The number of aliphatic hydroxyl groups is 1. The predicted octanol–water partition coefficient (Wildman–Crippen LogP) is 2.74. The van der Waals surface area contributed by atoms with E-state index in [2.05, 4.69) is 25.3 Å². The molecule has 0 unspecified atom stereocenters. The summed E-state index contributed by atoms with van der Waals surface area (Å²) >= 11 is 0. The molecule has 0 bridgehead atoms. The molecule has 4 N–H and O–H groups in total. The third kappa shape index (κ3) is 4.30. The normalized spacial score (nSPS) is 15.7. The van der Waals surface area contributed by atoms with Crippen LogP contribution in [0.3, 0.4) is 0 Å². The van der Waals surface area contributed by atoms with Crippen LogP contribution >= 0.6 is 0 Å². The van der Waals surface area contributed by atoms with Crippen LogP contribution in [0, 0.1) is 0 Å². The van der Waals surface area contributed by atoms with Crippen molar-refractivity contribution in [3.8, 4) is 11.1 Å². The average Bonchev–Trinajstić information content (AvgIpc) is 3.52. The molecule has 5 rings (SSSR count). The van der Waals surface area contributed by atoms with E-state index in [1.165, 1.54) is 6.33 Å². The van der Waals surface area contributed by atoms with Crippen molar-refractivity contribution in [2.24, 2.45) is 0 Å². The summed E-state index contributed by atoms with van der Waals surface area (Å²) in [6.07, 6.45) is 8.72. The number of hydrogen-bond donors (Lipinski definition) is 3. The van der Waals surface area contributed by atoms with Crippen molar-refractivity contribution in [2.75, 3.05) is 5.73 Å². The molecule has 188 valence electrons. The molecular formula is C25H31N9O2. The first-order valence-corrected chi connectivity index (χ1v) is 12.3. The number of aryl methyl sites for hydroxylation is 1. The minimum absolute atomic E-state index is 0.00647. The Labute approximate surface area is 208 Å². The number of aromatic amines is 1. The monoisotopic (exact) mass is 489 g/mol. The Morgan fingerprint density at radius 2 is 2.08 bits per heavy atom. The van der Waals surface area contributed by atoms with E-state index in [4.69, 9.17) is 10.7 Å². The number of nitrogens with one attached hydrogen (secondary N) is 1. The van der Waals surface area contributed by atoms with Gasteiger partial charge in [-0.15, -0.1) is 10.2 Å². The SMILES string of the molecule is CC(C)N(C(=O)c1nnc[nH]1)[C@H](C)CCc1cc(N)n2ncc(-c3ccc(C4(O)CCC4)nc3)c2n1. The Bertz CT molecular complexity index is 1360. The number of rotatable bonds is 8. The Kier molecular flexibility index (Phi) is 6.17. The number of fused-ring (bicyclic) bond motifs is 1. The predicted molar refractivity (Wildman–Crippen MR) is 134 cm³/mol. The summed E-state index contributed by atoms with van der Waals surface area (Å²) in [7, 11) is 0. The first-order valence-electron chi connectivity index (χ1n) is 12.3. The molecule has 4 aromatic rings. The lowest BCUT2D eigenvalue weighted by molar-refractivity contribution is -0.0426. The van der Waals surface area contributed by atoms with Gasteiger partial charge in [-0.05, 0) is 58.9 Å². The number of hydrogen-bond acceptors (Lipinski definition) is 8. The number of nitrogens with two attached hydrogens (primary N) is 1. The maximum Gasteiger partial charge on any atom is 0.292 e.